The summed E-state index contributed by atoms with van der Waals surface area (Å²) in [5.41, 5.74) is 0.749. The van der Waals surface area contributed by atoms with Crippen LogP contribution in [0.2, 0.25) is 15.1 Å². The summed E-state index contributed by atoms with van der Waals surface area (Å²) in [5, 5.41) is 20.1. The summed E-state index contributed by atoms with van der Waals surface area (Å²) < 4.78 is 6.61. The van der Waals surface area contributed by atoms with Crippen molar-refractivity contribution in [2.24, 2.45) is 5.10 Å². The van der Waals surface area contributed by atoms with Crippen molar-refractivity contribution in [2.75, 3.05) is 28.7 Å². The number of unbranched alkanes of at least 4 members (excludes halogenated alkanes) is 1. The highest BCUT2D eigenvalue weighted by Crippen LogP contribution is 2.41. The number of hydrogen-bond donors (Lipinski definition) is 5. The smallest absolute Gasteiger partial charge is 0.302 e. The Balaban J connectivity index is 0.00000175. The predicted molar refractivity (Wildman–Crippen MR) is 267 cm³/mol. The highest BCUT2D eigenvalue weighted by molar-refractivity contribution is 6.43. The van der Waals surface area contributed by atoms with Crippen molar-refractivity contribution in [3.05, 3.63) is 117 Å². The molecule has 0 bridgehead atoms. The summed E-state index contributed by atoms with van der Waals surface area (Å²) in [5.74, 6) is -2.11. The molecule has 1 aliphatic rings. The third kappa shape index (κ3) is 13.2. The Morgan fingerprint density at radius 3 is 1.98 bits per heavy atom. The Morgan fingerprint density at radius 2 is 1.42 bits per heavy atom. The summed E-state index contributed by atoms with van der Waals surface area (Å²) in [6.07, 6.45) is 3.11. The number of nitrogens with zero attached hydrogens (tertiary/aromatic N) is 2. The van der Waals surface area contributed by atoms with Gasteiger partial charge < -0.3 is 31.3 Å². The third-order valence-electron chi connectivity index (χ3n) is 11.5. The van der Waals surface area contributed by atoms with Gasteiger partial charge >= 0.3 is 5.91 Å². The van der Waals surface area contributed by atoms with Gasteiger partial charge in [-0.3, -0.25) is 19.2 Å². The zero-order valence-corrected chi connectivity index (χ0v) is 41.4. The van der Waals surface area contributed by atoms with E-state index in [2.05, 4.69) is 106 Å². The second-order valence-corrected chi connectivity index (χ2v) is 18.4. The van der Waals surface area contributed by atoms with Gasteiger partial charge in [-0.2, -0.15) is 5.01 Å². The van der Waals surface area contributed by atoms with Crippen molar-refractivity contribution in [1.29, 1.82) is 0 Å². The fourth-order valence-electron chi connectivity index (χ4n) is 6.90. The van der Waals surface area contributed by atoms with Crippen LogP contribution in [0.3, 0.4) is 0 Å². The van der Waals surface area contributed by atoms with Gasteiger partial charge in [0.2, 0.25) is 5.91 Å². The molecule has 350 valence electrons. The van der Waals surface area contributed by atoms with Gasteiger partial charge in [0.1, 0.15) is 11.4 Å². The molecule has 4 amide bonds. The van der Waals surface area contributed by atoms with E-state index in [0.29, 0.717) is 23.5 Å². The molecule has 4 aromatic carbocycles. The molecule has 0 radical (unpaired) electrons. The number of carbonyl (C=O) groups is 4. The highest BCUT2D eigenvalue weighted by Gasteiger charge is 2.55. The van der Waals surface area contributed by atoms with Crippen molar-refractivity contribution in [3.8, 4) is 5.75 Å². The molecule has 0 spiro atoms. The maximum Gasteiger partial charge on any atom is 0.302 e. The topological polar surface area (TPSA) is 153 Å². The van der Waals surface area contributed by atoms with Gasteiger partial charge in [0, 0.05) is 34.4 Å². The van der Waals surface area contributed by atoms with Gasteiger partial charge in [-0.1, -0.05) is 140 Å². The van der Waals surface area contributed by atoms with E-state index in [4.69, 9.17) is 39.5 Å². The lowest BCUT2D eigenvalue weighted by Gasteiger charge is -2.31. The number of rotatable bonds is 18. The number of halogens is 3. The van der Waals surface area contributed by atoms with E-state index in [0.717, 1.165) is 49.3 Å². The average molecular weight is 949 g/mol. The lowest BCUT2D eigenvalue weighted by atomic mass is 9.76. The van der Waals surface area contributed by atoms with E-state index in [1.165, 1.54) is 30.7 Å². The Bertz CT molecular complexity index is 2310. The van der Waals surface area contributed by atoms with Gasteiger partial charge in [-0.05, 0) is 104 Å². The van der Waals surface area contributed by atoms with Crippen LogP contribution < -0.4 is 36.3 Å². The normalized spacial score (nSPS) is 15.3. The van der Waals surface area contributed by atoms with Crippen molar-refractivity contribution >= 4 is 81.3 Å². The van der Waals surface area contributed by atoms with Crippen LogP contribution in [-0.2, 0) is 25.2 Å². The van der Waals surface area contributed by atoms with Crippen molar-refractivity contribution in [3.63, 3.8) is 0 Å². The lowest BCUT2D eigenvalue weighted by Crippen LogP contribution is -2.67. The van der Waals surface area contributed by atoms with Crippen LogP contribution in [0.15, 0.2) is 90.0 Å². The molecule has 5 rings (SSSR count). The first-order chi connectivity index (χ1) is 30.8. The molecular weight excluding hydrogens is 885 g/mol. The quantitative estimate of drug-likeness (QED) is 0.0623. The minimum absolute atomic E-state index is 0.000955. The van der Waals surface area contributed by atoms with Gasteiger partial charge in [0.05, 0.1) is 10.0 Å². The molecular formula is C50H64Cl3N7O5. The van der Waals surface area contributed by atoms with Crippen LogP contribution in [0, 0.1) is 0 Å². The first-order valence-electron chi connectivity index (χ1n) is 22.2. The molecule has 0 aromatic heterocycles. The van der Waals surface area contributed by atoms with Gasteiger partial charge in [0.25, 0.3) is 17.5 Å². The summed E-state index contributed by atoms with van der Waals surface area (Å²) in [6.45, 7) is 22.8. The number of hydrazone groups is 1. The van der Waals surface area contributed by atoms with Gasteiger partial charge in [0.15, 0.2) is 11.9 Å². The first kappa shape index (κ1) is 52.5. The molecule has 0 aliphatic carbocycles. The minimum atomic E-state index is -2.12. The van der Waals surface area contributed by atoms with Crippen LogP contribution in [0.1, 0.15) is 123 Å². The van der Waals surface area contributed by atoms with Crippen LogP contribution in [0.25, 0.3) is 0 Å². The standard InChI is InChI=1S/C46H53Cl3N6O5.C4H11N/c1-9-12-21-38(60-37-23-22-30(44(5,6)10-2)25-34(37)45(7,8)11-3)41(58)50-33-20-16-17-29(24-33)40(57)51-42-46(52-28(4)56,53-32-18-14-13-15-19-32)43(59)55(54-42)39-35(48)26-31(47)27-36(39)49;1-3-5-4-2/h13-20,22-27,38,53H,9-12,21H2,1-8H3,(H,50,58)(H,52,56)(H,51,54,57);5H,3-4H2,1-2H3. The summed E-state index contributed by atoms with van der Waals surface area (Å²) in [7, 11) is 0. The first-order valence-corrected chi connectivity index (χ1v) is 23.3. The van der Waals surface area contributed by atoms with E-state index in [1.807, 2.05) is 6.07 Å². The Labute approximate surface area is 399 Å². The minimum Gasteiger partial charge on any atom is -0.480 e. The molecule has 2 atom stereocenters. The van der Waals surface area contributed by atoms with Gasteiger partial charge in [-0.25, -0.2) is 0 Å². The third-order valence-corrected chi connectivity index (χ3v) is 12.3. The number of amides is 4. The average Bonchev–Trinajstić information content (AvgIpc) is 3.50. The van der Waals surface area contributed by atoms with E-state index in [-0.39, 0.29) is 48.9 Å². The van der Waals surface area contributed by atoms with Crippen LogP contribution in [-0.4, -0.2) is 54.3 Å². The number of ether oxygens (including phenoxy) is 1. The molecule has 12 nitrogen and oxygen atoms in total. The number of hydrogen-bond acceptors (Lipinski definition) is 8. The zero-order chi connectivity index (χ0) is 48.1. The fourth-order valence-corrected chi connectivity index (χ4v) is 7.88. The number of nitrogens with one attached hydrogen (secondary N) is 5. The van der Waals surface area contributed by atoms with Crippen molar-refractivity contribution in [2.45, 2.75) is 124 Å². The van der Waals surface area contributed by atoms with E-state index in [1.54, 1.807) is 48.5 Å². The number of amidine groups is 1. The second-order valence-electron chi connectivity index (χ2n) is 17.1. The molecule has 4 aromatic rings. The maximum atomic E-state index is 14.5. The Kier molecular flexibility index (Phi) is 18.9. The summed E-state index contributed by atoms with van der Waals surface area (Å²) in [6, 6.07) is 24.0. The Hall–Kier alpha value is -5.14. The fraction of sp³-hybridized carbons (Fsp3) is 0.420. The molecule has 1 aliphatic heterocycles. The van der Waals surface area contributed by atoms with Crippen LogP contribution >= 0.6 is 34.8 Å². The molecule has 15 heteroatoms. The number of carbonyl (C=O) groups excluding carboxylic acids is 4. The summed E-state index contributed by atoms with van der Waals surface area (Å²) >= 11 is 19.2. The number of anilines is 3. The molecule has 0 saturated heterocycles. The molecule has 0 saturated carbocycles. The zero-order valence-electron chi connectivity index (χ0n) is 39.2. The molecule has 1 heterocycles. The molecule has 5 N–H and O–H groups in total. The maximum absolute atomic E-state index is 14.5. The monoisotopic (exact) mass is 947 g/mol. The molecule has 65 heavy (non-hydrogen) atoms. The van der Waals surface area contributed by atoms with E-state index >= 15 is 0 Å². The Morgan fingerprint density at radius 1 is 0.785 bits per heavy atom. The summed E-state index contributed by atoms with van der Waals surface area (Å²) in [4.78, 5) is 55.4. The van der Waals surface area contributed by atoms with Crippen LogP contribution in [0.5, 0.6) is 5.75 Å². The lowest BCUT2D eigenvalue weighted by molar-refractivity contribution is -0.127. The second kappa shape index (κ2) is 23.4. The SMILES string of the molecule is CCCCC(Oc1ccc(C(C)(C)CC)cc1C(C)(C)CC)C(=O)Nc1cccc(C(=O)NC2=NN(c3c(Cl)cc(Cl)cc3Cl)C(=O)C2(NC(C)=O)Nc2ccccc2)c1.CCNCC. The largest absolute Gasteiger partial charge is 0.480 e. The van der Waals surface area contributed by atoms with E-state index in [9.17, 15) is 19.2 Å². The van der Waals surface area contributed by atoms with Crippen molar-refractivity contribution in [1.82, 2.24) is 16.0 Å². The van der Waals surface area contributed by atoms with Gasteiger partial charge in [-0.15, -0.1) is 5.10 Å². The van der Waals surface area contributed by atoms with Crippen molar-refractivity contribution < 1.29 is 23.9 Å². The number of benzene rings is 4. The van der Waals surface area contributed by atoms with Crippen LogP contribution in [0.4, 0.5) is 17.1 Å². The predicted octanol–water partition coefficient (Wildman–Crippen LogP) is 11.2. The molecule has 0 fully saturated rings. The van der Waals surface area contributed by atoms with E-state index < -0.39 is 29.5 Å². The number of para-hydroxylation sites is 1. The molecule has 2 unspecified atom stereocenters. The highest BCUT2D eigenvalue weighted by atomic mass is 35.5.